The van der Waals surface area contributed by atoms with Gasteiger partial charge >= 0.3 is 37.9 Å². The number of allylic oxidation sites excluding steroid dienone is 10. The first-order chi connectivity index (χ1) is 29.3. The van der Waals surface area contributed by atoms with Crippen LogP contribution < -0.4 is 0 Å². The van der Waals surface area contributed by atoms with Crippen molar-refractivity contribution in [2.24, 2.45) is 81.8 Å². The van der Waals surface area contributed by atoms with Crippen LogP contribution in [-0.2, 0) is 20.8 Å². The molecule has 0 aliphatic heterocycles. The van der Waals surface area contributed by atoms with E-state index in [4.69, 9.17) is 28.1 Å². The second-order valence-corrected chi connectivity index (χ2v) is 41.2. The van der Waals surface area contributed by atoms with Gasteiger partial charge in [-0.15, -0.1) is 0 Å². The average molecular weight is 1080 g/mol. The molecule has 6 heteroatoms. The SMILES string of the molecule is CC(C)(C)C1=CC2CC3C=C(C(C)(C)C)C=CC3C2C=C1.CCC1=C(C)C([Si](C)(C)Cl)c2c(C)c(C)c(C)c(C)c21.CCC1C(C)C([Si](C)(C)C)C2C(C)C(C)C(C)C(C)C12.[CH3-].[CH3-].[Cl][Zr+2][Cl]. The molecule has 0 N–H and O–H groups in total. The maximum absolute atomic E-state index is 6.91. The van der Waals surface area contributed by atoms with Crippen LogP contribution in [0.1, 0.15) is 155 Å². The van der Waals surface area contributed by atoms with Gasteiger partial charge in [0.25, 0.3) is 0 Å². The van der Waals surface area contributed by atoms with Gasteiger partial charge in [0, 0.05) is 13.6 Å². The topological polar surface area (TPSA) is 0 Å². The Balaban J connectivity index is 0.000000325. The van der Waals surface area contributed by atoms with Crippen LogP contribution in [-0.4, -0.2) is 15.5 Å². The molecule has 1 aromatic carbocycles. The molecule has 0 amide bonds. The number of hydrogen-bond acceptors (Lipinski definition) is 0. The van der Waals surface area contributed by atoms with Crippen LogP contribution in [0.25, 0.3) is 5.57 Å². The fourth-order valence-corrected chi connectivity index (χ4v) is 21.2. The summed E-state index contributed by atoms with van der Waals surface area (Å²) in [6.07, 6.45) is 18.8. The molecule has 7 rings (SSSR count). The second-order valence-electron chi connectivity index (χ2n) is 25.5. The Hall–Kier alpha value is 0.107. The summed E-state index contributed by atoms with van der Waals surface area (Å²) in [5.74, 6) is 10.6. The molecule has 374 valence electrons. The van der Waals surface area contributed by atoms with Crippen LogP contribution in [0, 0.1) is 124 Å². The van der Waals surface area contributed by atoms with Crippen LogP contribution >= 0.6 is 28.1 Å². The summed E-state index contributed by atoms with van der Waals surface area (Å²) >= 11 is 6.08. The van der Waals surface area contributed by atoms with Crippen molar-refractivity contribution < 1.29 is 20.8 Å². The summed E-state index contributed by atoms with van der Waals surface area (Å²) in [5, 5.41) is 0. The molecule has 0 saturated heterocycles. The third-order valence-electron chi connectivity index (χ3n) is 18.5. The van der Waals surface area contributed by atoms with E-state index in [0.717, 1.165) is 83.0 Å². The van der Waals surface area contributed by atoms with Crippen LogP contribution in [0.5, 0.6) is 0 Å². The Morgan fingerprint density at radius 2 is 1.03 bits per heavy atom. The van der Waals surface area contributed by atoms with Gasteiger partial charge in [-0.2, -0.15) is 11.1 Å². The third-order valence-corrected chi connectivity index (χ3v) is 24.2. The Morgan fingerprint density at radius 3 is 1.39 bits per heavy atom. The predicted octanol–water partition coefficient (Wildman–Crippen LogP) is 20.6. The van der Waals surface area contributed by atoms with E-state index < -0.39 is 36.3 Å². The van der Waals surface area contributed by atoms with Gasteiger partial charge < -0.3 is 14.9 Å². The van der Waals surface area contributed by atoms with Crippen molar-refractivity contribution >= 4 is 49.1 Å². The minimum atomic E-state index is -1.78. The monoisotopic (exact) mass is 1070 g/mol. The standard InChI is InChI=1S/C21H30.C19H38Si.C18H27ClSi.2CH3.2ClH.Zr/c1-20(2,3)16-7-9-18-14(12-16)11-15-13-17(21(4,5)6)8-10-19(15)18;1-10-16-15(6)19(20(7,8)9)18-14(5)12(3)11(2)13(4)17(16)18;1-9-15-14(6)18(20(7,8)19)17-13(5)11(3)10(2)12(4)16(15)17;;;;;/h7-10,12-15,18-19H,11H2,1-6H3;11-19H,10H2,1-9H3;18H,9H2,1-8H3;2*1H3;2*1H;/q;;;2*-1;;;+4/p-2. The summed E-state index contributed by atoms with van der Waals surface area (Å²) in [6, 6.07) is 0. The number of hydrogen-bond donors (Lipinski definition) is 0. The van der Waals surface area contributed by atoms with Gasteiger partial charge in [0.15, 0.2) is 7.38 Å². The number of halogens is 3. The van der Waals surface area contributed by atoms with E-state index in [0.29, 0.717) is 5.54 Å². The van der Waals surface area contributed by atoms with Crippen LogP contribution in [0.2, 0.25) is 38.3 Å². The summed E-state index contributed by atoms with van der Waals surface area (Å²) in [7, 11) is 7.01. The molecule has 0 aromatic heterocycles. The van der Waals surface area contributed by atoms with Crippen molar-refractivity contribution in [3.8, 4) is 0 Å². The van der Waals surface area contributed by atoms with E-state index in [1.165, 1.54) is 57.4 Å². The van der Waals surface area contributed by atoms with E-state index in [1.807, 2.05) is 0 Å². The minimum absolute atomic E-state index is 0. The predicted molar refractivity (Wildman–Crippen MR) is 304 cm³/mol. The molecular formula is C60H101Cl3Si2Zr. The molecule has 3 saturated carbocycles. The quantitative estimate of drug-likeness (QED) is 0.160. The fraction of sp³-hybridized carbons (Fsp3) is 0.700. The van der Waals surface area contributed by atoms with E-state index in [1.54, 1.807) is 11.1 Å². The number of fused-ring (bicyclic) bond motifs is 5. The summed E-state index contributed by atoms with van der Waals surface area (Å²) in [4.78, 5) is 0. The van der Waals surface area contributed by atoms with Crippen LogP contribution in [0.4, 0.5) is 0 Å². The Kier molecular flexibility index (Phi) is 22.4. The first-order valence-corrected chi connectivity index (χ1v) is 39.6. The van der Waals surface area contributed by atoms with Crippen molar-refractivity contribution in [2.75, 3.05) is 0 Å². The zero-order valence-corrected chi connectivity index (χ0v) is 54.0. The van der Waals surface area contributed by atoms with Gasteiger partial charge in [0.1, 0.15) is 0 Å². The van der Waals surface area contributed by atoms with E-state index in [-0.39, 0.29) is 25.7 Å². The molecule has 66 heavy (non-hydrogen) atoms. The molecule has 0 bridgehead atoms. The molecule has 0 heterocycles. The van der Waals surface area contributed by atoms with Crippen molar-refractivity contribution in [2.45, 2.75) is 188 Å². The average Bonchev–Trinajstić information content (AvgIpc) is 3.83. The zero-order chi connectivity index (χ0) is 48.9. The molecule has 14 atom stereocenters. The Morgan fingerprint density at radius 1 is 0.621 bits per heavy atom. The van der Waals surface area contributed by atoms with Crippen molar-refractivity contribution in [3.05, 3.63) is 101 Å². The molecule has 6 aliphatic rings. The molecule has 0 nitrogen and oxygen atoms in total. The molecule has 6 aliphatic carbocycles. The van der Waals surface area contributed by atoms with Gasteiger partial charge in [0.2, 0.25) is 0 Å². The van der Waals surface area contributed by atoms with Gasteiger partial charge in [-0.1, -0.05) is 171 Å². The van der Waals surface area contributed by atoms with Crippen molar-refractivity contribution in [3.63, 3.8) is 0 Å². The Labute approximate surface area is 437 Å². The molecule has 3 fully saturated rings. The van der Waals surface area contributed by atoms with E-state index in [2.05, 4.69) is 194 Å². The van der Waals surface area contributed by atoms with E-state index in [9.17, 15) is 0 Å². The number of benzene rings is 1. The molecule has 0 spiro atoms. The zero-order valence-electron chi connectivity index (χ0n) is 47.3. The Bertz CT molecular complexity index is 1910. The normalized spacial score (nSPS) is 33.1. The fourth-order valence-electron chi connectivity index (χ4n) is 14.7. The summed E-state index contributed by atoms with van der Waals surface area (Å²) in [5.41, 5.74) is 17.1. The van der Waals surface area contributed by atoms with Gasteiger partial charge in [0.05, 0.1) is 0 Å². The third kappa shape index (κ3) is 12.6. The van der Waals surface area contributed by atoms with Crippen LogP contribution in [0.15, 0.2) is 53.2 Å². The summed E-state index contributed by atoms with van der Waals surface area (Å²) < 4.78 is 0. The maximum atomic E-state index is 6.91. The van der Waals surface area contributed by atoms with Gasteiger partial charge in [-0.3, -0.25) is 0 Å². The van der Waals surface area contributed by atoms with Gasteiger partial charge in [-0.25, -0.2) is 0 Å². The summed E-state index contributed by atoms with van der Waals surface area (Å²) in [6.45, 7) is 55.4. The van der Waals surface area contributed by atoms with Crippen LogP contribution in [0.3, 0.4) is 0 Å². The first kappa shape index (κ1) is 62.2. The number of rotatable bonds is 4. The second kappa shape index (κ2) is 23.8. The van der Waals surface area contributed by atoms with Crippen molar-refractivity contribution in [1.82, 2.24) is 0 Å². The molecule has 14 unspecified atom stereocenters. The molecular weight excluding hydrogens is 974 g/mol. The molecule has 1 aromatic rings. The van der Waals surface area contributed by atoms with Crippen molar-refractivity contribution in [1.29, 1.82) is 0 Å². The van der Waals surface area contributed by atoms with Gasteiger partial charge in [-0.05, 0) is 185 Å². The first-order valence-electron chi connectivity index (χ1n) is 25.6. The van der Waals surface area contributed by atoms with E-state index >= 15 is 0 Å². The molecule has 0 radical (unpaired) electrons.